The highest BCUT2D eigenvalue weighted by Gasteiger charge is 2.30. The van der Waals surface area contributed by atoms with Crippen molar-refractivity contribution in [3.05, 3.63) is 29.3 Å². The van der Waals surface area contributed by atoms with Crippen molar-refractivity contribution in [2.45, 2.75) is 52.6 Å². The zero-order valence-electron chi connectivity index (χ0n) is 13.4. The molecule has 0 heterocycles. The molecule has 0 unspecified atom stereocenters. The van der Waals surface area contributed by atoms with Gasteiger partial charge in [-0.2, -0.15) is 0 Å². The number of hydrogen-bond donors (Lipinski definition) is 2. The van der Waals surface area contributed by atoms with E-state index in [4.69, 9.17) is 4.74 Å². The molecular formula is C16H23NO4. The van der Waals surface area contributed by atoms with E-state index in [1.54, 1.807) is 52.8 Å². The smallest absolute Gasteiger partial charge is 0.412 e. The number of carbonyl (C=O) groups is 2. The molecule has 0 aliphatic carbocycles. The molecule has 0 radical (unpaired) electrons. The van der Waals surface area contributed by atoms with E-state index in [1.165, 1.54) is 0 Å². The van der Waals surface area contributed by atoms with Crippen molar-refractivity contribution in [3.63, 3.8) is 0 Å². The molecule has 1 aromatic carbocycles. The Bertz CT molecular complexity index is 556. The number of carbonyl (C=O) groups excluding carboxylic acids is 1. The van der Waals surface area contributed by atoms with Gasteiger partial charge in [0.1, 0.15) is 5.60 Å². The van der Waals surface area contributed by atoms with Crippen molar-refractivity contribution in [1.29, 1.82) is 0 Å². The van der Waals surface area contributed by atoms with Gasteiger partial charge in [-0.3, -0.25) is 10.1 Å². The van der Waals surface area contributed by atoms with E-state index in [1.807, 2.05) is 6.92 Å². The molecule has 1 rings (SSSR count). The summed E-state index contributed by atoms with van der Waals surface area (Å²) in [5.41, 5.74) is 0.391. The molecule has 0 saturated carbocycles. The fraction of sp³-hybridized carbons (Fsp3) is 0.500. The third-order valence-electron chi connectivity index (χ3n) is 3.13. The van der Waals surface area contributed by atoms with Crippen LogP contribution >= 0.6 is 0 Å². The predicted molar refractivity (Wildman–Crippen MR) is 81.7 cm³/mol. The molecule has 0 aliphatic rings. The third-order valence-corrected chi connectivity index (χ3v) is 3.13. The molecule has 0 spiro atoms. The van der Waals surface area contributed by atoms with E-state index in [2.05, 4.69) is 5.32 Å². The van der Waals surface area contributed by atoms with Gasteiger partial charge in [0.15, 0.2) is 0 Å². The molecule has 0 fully saturated rings. The standard InChI is InChI=1S/C16H23NO4/c1-10-7-8-11(16(5,6)13(18)19)9-12(10)17-14(20)21-15(2,3)4/h7-9H,1-6H3,(H,17,20)(H,18,19). The molecule has 5 heteroatoms. The van der Waals surface area contributed by atoms with Crippen LogP contribution in [0.15, 0.2) is 18.2 Å². The van der Waals surface area contributed by atoms with Gasteiger partial charge < -0.3 is 9.84 Å². The molecule has 2 N–H and O–H groups in total. The number of rotatable bonds is 3. The van der Waals surface area contributed by atoms with Gasteiger partial charge in [0.2, 0.25) is 0 Å². The maximum absolute atomic E-state index is 11.8. The Balaban J connectivity index is 3.04. The van der Waals surface area contributed by atoms with Crippen molar-refractivity contribution < 1.29 is 19.4 Å². The molecule has 1 aromatic rings. The average molecular weight is 293 g/mol. The van der Waals surface area contributed by atoms with E-state index in [0.29, 0.717) is 11.3 Å². The highest BCUT2D eigenvalue weighted by Crippen LogP contribution is 2.28. The number of carboxylic acids is 1. The summed E-state index contributed by atoms with van der Waals surface area (Å²) >= 11 is 0. The first-order chi connectivity index (χ1) is 9.43. The van der Waals surface area contributed by atoms with Crippen LogP contribution < -0.4 is 5.32 Å². The van der Waals surface area contributed by atoms with Crippen LogP contribution in [-0.2, 0) is 14.9 Å². The molecular weight excluding hydrogens is 270 g/mol. The lowest BCUT2D eigenvalue weighted by Crippen LogP contribution is -2.29. The number of anilines is 1. The number of ether oxygens (including phenoxy) is 1. The lowest BCUT2D eigenvalue weighted by molar-refractivity contribution is -0.142. The SMILES string of the molecule is Cc1ccc(C(C)(C)C(=O)O)cc1NC(=O)OC(C)(C)C. The van der Waals surface area contributed by atoms with Gasteiger partial charge in [-0.05, 0) is 58.7 Å². The third kappa shape index (κ3) is 4.48. The Kier molecular flexibility index (Phi) is 4.66. The second-order valence-corrected chi connectivity index (χ2v) is 6.59. The molecule has 5 nitrogen and oxygen atoms in total. The molecule has 21 heavy (non-hydrogen) atoms. The fourth-order valence-corrected chi connectivity index (χ4v) is 1.68. The van der Waals surface area contributed by atoms with Crippen LogP contribution in [0.5, 0.6) is 0 Å². The minimum Gasteiger partial charge on any atom is -0.481 e. The lowest BCUT2D eigenvalue weighted by atomic mass is 9.84. The van der Waals surface area contributed by atoms with Crippen LogP contribution in [0, 0.1) is 6.92 Å². The van der Waals surface area contributed by atoms with Crippen molar-refractivity contribution in [3.8, 4) is 0 Å². The van der Waals surface area contributed by atoms with E-state index in [-0.39, 0.29) is 0 Å². The summed E-state index contributed by atoms with van der Waals surface area (Å²) in [5.74, 6) is -0.922. The summed E-state index contributed by atoms with van der Waals surface area (Å²) in [5, 5.41) is 11.9. The highest BCUT2D eigenvalue weighted by atomic mass is 16.6. The fourth-order valence-electron chi connectivity index (χ4n) is 1.68. The number of hydrogen-bond acceptors (Lipinski definition) is 3. The van der Waals surface area contributed by atoms with Crippen LogP contribution in [0.2, 0.25) is 0 Å². The minimum absolute atomic E-state index is 0.552. The Labute approximate surface area is 125 Å². The van der Waals surface area contributed by atoms with Crippen molar-refractivity contribution in [2.24, 2.45) is 0 Å². The highest BCUT2D eigenvalue weighted by molar-refractivity contribution is 5.87. The second kappa shape index (κ2) is 5.76. The minimum atomic E-state index is -1.03. The first kappa shape index (κ1) is 17.0. The van der Waals surface area contributed by atoms with Crippen LogP contribution in [-0.4, -0.2) is 22.8 Å². The number of aliphatic carboxylic acids is 1. The number of nitrogens with one attached hydrogen (secondary N) is 1. The van der Waals surface area contributed by atoms with Crippen molar-refractivity contribution >= 4 is 17.7 Å². The zero-order chi connectivity index (χ0) is 16.4. The van der Waals surface area contributed by atoms with Crippen molar-refractivity contribution in [1.82, 2.24) is 0 Å². The van der Waals surface area contributed by atoms with E-state index in [9.17, 15) is 14.7 Å². The summed E-state index contributed by atoms with van der Waals surface area (Å²) in [4.78, 5) is 23.1. The normalized spacial score (nSPS) is 11.9. The summed E-state index contributed by atoms with van der Waals surface area (Å²) in [7, 11) is 0. The number of benzene rings is 1. The van der Waals surface area contributed by atoms with Crippen LogP contribution in [0.4, 0.5) is 10.5 Å². The van der Waals surface area contributed by atoms with E-state index >= 15 is 0 Å². The van der Waals surface area contributed by atoms with Gasteiger partial charge in [-0.1, -0.05) is 12.1 Å². The van der Waals surface area contributed by atoms with Crippen molar-refractivity contribution in [2.75, 3.05) is 5.32 Å². The van der Waals surface area contributed by atoms with Gasteiger partial charge in [0.25, 0.3) is 0 Å². The Morgan fingerprint density at radius 1 is 1.14 bits per heavy atom. The Morgan fingerprint density at radius 2 is 1.71 bits per heavy atom. The number of carboxylic acid groups (broad SMARTS) is 1. The molecule has 1 amide bonds. The van der Waals surface area contributed by atoms with Gasteiger partial charge in [-0.15, -0.1) is 0 Å². The Hall–Kier alpha value is -2.04. The number of amides is 1. The quantitative estimate of drug-likeness (QED) is 0.891. The Morgan fingerprint density at radius 3 is 2.19 bits per heavy atom. The van der Waals surface area contributed by atoms with Gasteiger partial charge in [-0.25, -0.2) is 4.79 Å². The van der Waals surface area contributed by atoms with Crippen LogP contribution in [0.3, 0.4) is 0 Å². The zero-order valence-corrected chi connectivity index (χ0v) is 13.4. The molecule has 0 aromatic heterocycles. The molecule has 0 bridgehead atoms. The summed E-state index contributed by atoms with van der Waals surface area (Å²) in [6, 6.07) is 5.21. The molecule has 116 valence electrons. The van der Waals surface area contributed by atoms with Gasteiger partial charge >= 0.3 is 12.1 Å². The lowest BCUT2D eigenvalue weighted by Gasteiger charge is -2.23. The first-order valence-electron chi connectivity index (χ1n) is 6.78. The maximum atomic E-state index is 11.8. The topological polar surface area (TPSA) is 75.6 Å². The number of aryl methyl sites for hydroxylation is 1. The van der Waals surface area contributed by atoms with E-state index < -0.39 is 23.1 Å². The first-order valence-corrected chi connectivity index (χ1v) is 6.78. The monoisotopic (exact) mass is 293 g/mol. The molecule has 0 saturated heterocycles. The average Bonchev–Trinajstić information content (AvgIpc) is 2.29. The second-order valence-electron chi connectivity index (χ2n) is 6.59. The summed E-state index contributed by atoms with van der Waals surface area (Å²) in [6.07, 6.45) is -0.559. The van der Waals surface area contributed by atoms with Crippen LogP contribution in [0.25, 0.3) is 0 Å². The molecule has 0 atom stereocenters. The van der Waals surface area contributed by atoms with Gasteiger partial charge in [0.05, 0.1) is 5.41 Å². The predicted octanol–water partition coefficient (Wildman–Crippen LogP) is 3.70. The van der Waals surface area contributed by atoms with Crippen LogP contribution in [0.1, 0.15) is 45.7 Å². The summed E-state index contributed by atoms with van der Waals surface area (Å²) in [6.45, 7) is 10.4. The maximum Gasteiger partial charge on any atom is 0.412 e. The van der Waals surface area contributed by atoms with Gasteiger partial charge in [0, 0.05) is 5.69 Å². The summed E-state index contributed by atoms with van der Waals surface area (Å²) < 4.78 is 5.20. The largest absolute Gasteiger partial charge is 0.481 e. The van der Waals surface area contributed by atoms with E-state index in [0.717, 1.165) is 5.56 Å². The molecule has 0 aliphatic heterocycles.